The van der Waals surface area contributed by atoms with Crippen LogP contribution in [0.2, 0.25) is 0 Å². The Kier molecular flexibility index (Phi) is 1.30. The molecule has 68 valence electrons. The molecule has 0 aliphatic heterocycles. The van der Waals surface area contributed by atoms with Crippen LogP contribution in [0.3, 0.4) is 0 Å². The monoisotopic (exact) mass is 182 g/mol. The molecular weight excluding hydrogens is 172 g/mol. The van der Waals surface area contributed by atoms with Crippen molar-refractivity contribution in [3.63, 3.8) is 0 Å². The second-order valence-electron chi connectivity index (χ2n) is 3.70. The fourth-order valence-electron chi connectivity index (χ4n) is 2.21. The van der Waals surface area contributed by atoms with Crippen LogP contribution in [0.15, 0.2) is 42.0 Å². The molecule has 1 heteroatoms. The predicted octanol–water partition coefficient (Wildman–Crippen LogP) is 1.32. The van der Waals surface area contributed by atoms with Gasteiger partial charge in [0.1, 0.15) is 5.76 Å². The van der Waals surface area contributed by atoms with Gasteiger partial charge in [0.2, 0.25) is 0 Å². The first-order valence-corrected chi connectivity index (χ1v) is 4.71. The number of aryl methyl sites for hydroxylation is 1. The molecule has 0 heterocycles. The number of hydrogen-bond donors (Lipinski definition) is 1. The predicted molar refractivity (Wildman–Crippen MR) is 57.1 cm³/mol. The maximum absolute atomic E-state index is 9.96. The topological polar surface area (TPSA) is 20.2 Å². The minimum absolute atomic E-state index is 0.420. The largest absolute Gasteiger partial charge is 0.507 e. The summed E-state index contributed by atoms with van der Waals surface area (Å²) in [5.41, 5.74) is 3.35. The summed E-state index contributed by atoms with van der Waals surface area (Å²) in [7, 11) is 0. The molecule has 0 fully saturated rings. The molecule has 0 aromatic heterocycles. The Morgan fingerprint density at radius 1 is 1.21 bits per heavy atom. The van der Waals surface area contributed by atoms with Crippen molar-refractivity contribution in [1.29, 1.82) is 0 Å². The molecule has 1 aromatic rings. The lowest BCUT2D eigenvalue weighted by molar-refractivity contribution is 0.509. The van der Waals surface area contributed by atoms with Gasteiger partial charge in [-0.25, -0.2) is 0 Å². The summed E-state index contributed by atoms with van der Waals surface area (Å²) < 4.78 is 0. The van der Waals surface area contributed by atoms with Crippen molar-refractivity contribution >= 4 is 11.3 Å². The van der Waals surface area contributed by atoms with Crippen molar-refractivity contribution in [1.82, 2.24) is 0 Å². The van der Waals surface area contributed by atoms with Crippen molar-refractivity contribution in [3.8, 4) is 0 Å². The Morgan fingerprint density at radius 3 is 2.93 bits per heavy atom. The normalized spacial score (nSPS) is 17.1. The Labute approximate surface area is 82.0 Å². The lowest BCUT2D eigenvalue weighted by Crippen LogP contribution is -2.26. The molecule has 0 amide bonds. The van der Waals surface area contributed by atoms with Crippen molar-refractivity contribution in [2.24, 2.45) is 0 Å². The fraction of sp³-hybridized carbons (Fsp3) is 0.0769. The van der Waals surface area contributed by atoms with Crippen molar-refractivity contribution in [2.45, 2.75) is 6.92 Å². The van der Waals surface area contributed by atoms with Gasteiger partial charge < -0.3 is 5.11 Å². The van der Waals surface area contributed by atoms with E-state index in [1.54, 1.807) is 0 Å². The number of fused-ring (bicyclic) bond motifs is 2. The van der Waals surface area contributed by atoms with Crippen molar-refractivity contribution in [2.75, 3.05) is 0 Å². The van der Waals surface area contributed by atoms with E-state index in [9.17, 15) is 5.11 Å². The van der Waals surface area contributed by atoms with Crippen LogP contribution < -0.4 is 10.4 Å². The molecule has 2 aliphatic carbocycles. The minimum Gasteiger partial charge on any atom is -0.507 e. The third-order valence-electron chi connectivity index (χ3n) is 2.87. The van der Waals surface area contributed by atoms with Gasteiger partial charge in [-0.15, -0.1) is 0 Å². The van der Waals surface area contributed by atoms with Crippen LogP contribution in [-0.4, -0.2) is 5.11 Å². The van der Waals surface area contributed by atoms with Gasteiger partial charge in [0.15, 0.2) is 0 Å². The zero-order chi connectivity index (χ0) is 9.71. The fourth-order valence-corrected chi connectivity index (χ4v) is 2.21. The molecule has 0 saturated carbocycles. The van der Waals surface area contributed by atoms with Gasteiger partial charge in [-0.3, -0.25) is 0 Å². The first-order chi connectivity index (χ1) is 6.79. The number of aliphatic hydroxyl groups is 1. The van der Waals surface area contributed by atoms with E-state index in [0.717, 1.165) is 16.4 Å². The molecule has 2 aliphatic rings. The van der Waals surface area contributed by atoms with E-state index in [1.165, 1.54) is 10.8 Å². The van der Waals surface area contributed by atoms with E-state index in [2.05, 4.69) is 19.1 Å². The standard InChI is InChI=1S/C13H10O/c1-8-4-2-7-11-12(8)9-5-3-6-10(9)13(11)14/h2-7,14H,1H3. The van der Waals surface area contributed by atoms with Crippen molar-refractivity contribution in [3.05, 3.63) is 58.0 Å². The maximum atomic E-state index is 9.96. The summed E-state index contributed by atoms with van der Waals surface area (Å²) in [4.78, 5) is 0. The summed E-state index contributed by atoms with van der Waals surface area (Å²) in [6, 6.07) is 6.03. The van der Waals surface area contributed by atoms with Crippen LogP contribution >= 0.6 is 0 Å². The molecular formula is C13H10O. The average molecular weight is 182 g/mol. The molecule has 0 atom stereocenters. The smallest absolute Gasteiger partial charge is 0.131 e. The summed E-state index contributed by atoms with van der Waals surface area (Å²) in [6.45, 7) is 2.08. The maximum Gasteiger partial charge on any atom is 0.131 e. The quantitative estimate of drug-likeness (QED) is 0.641. The molecule has 0 saturated heterocycles. The molecule has 3 rings (SSSR count). The average Bonchev–Trinajstić information content (AvgIpc) is 2.72. The van der Waals surface area contributed by atoms with E-state index < -0.39 is 0 Å². The van der Waals surface area contributed by atoms with Gasteiger partial charge in [0.25, 0.3) is 0 Å². The first kappa shape index (κ1) is 7.63. The number of hydrogen-bond acceptors (Lipinski definition) is 1. The zero-order valence-corrected chi connectivity index (χ0v) is 7.91. The molecule has 1 nitrogen and oxygen atoms in total. The SMILES string of the molecule is Cc1cccc2c1=C1C=CC=C1C=2O. The van der Waals surface area contributed by atoms with Gasteiger partial charge in [0, 0.05) is 10.8 Å². The summed E-state index contributed by atoms with van der Waals surface area (Å²) >= 11 is 0. The van der Waals surface area contributed by atoms with Gasteiger partial charge >= 0.3 is 0 Å². The highest BCUT2D eigenvalue weighted by atomic mass is 16.3. The molecule has 14 heavy (non-hydrogen) atoms. The van der Waals surface area contributed by atoms with Crippen LogP contribution in [0.25, 0.3) is 11.3 Å². The molecule has 0 spiro atoms. The van der Waals surface area contributed by atoms with E-state index >= 15 is 0 Å². The molecule has 0 radical (unpaired) electrons. The van der Waals surface area contributed by atoms with Crippen LogP contribution in [0.5, 0.6) is 0 Å². The number of allylic oxidation sites excluding steroid dienone is 3. The summed E-state index contributed by atoms with van der Waals surface area (Å²) in [5.74, 6) is 0.420. The molecule has 0 unspecified atom stereocenters. The van der Waals surface area contributed by atoms with E-state index in [1.807, 2.05) is 24.3 Å². The van der Waals surface area contributed by atoms with Crippen LogP contribution in [0.4, 0.5) is 0 Å². The number of benzene rings is 1. The Bertz CT molecular complexity index is 601. The highest BCUT2D eigenvalue weighted by Gasteiger charge is 2.19. The second-order valence-corrected chi connectivity index (χ2v) is 3.70. The van der Waals surface area contributed by atoms with Crippen molar-refractivity contribution < 1.29 is 5.11 Å². The Balaban J connectivity index is 2.65. The minimum atomic E-state index is 0.420. The highest BCUT2D eigenvalue weighted by Crippen LogP contribution is 2.26. The van der Waals surface area contributed by atoms with E-state index in [0.29, 0.717) is 5.76 Å². The number of rotatable bonds is 0. The highest BCUT2D eigenvalue weighted by molar-refractivity contribution is 5.94. The van der Waals surface area contributed by atoms with Crippen LogP contribution in [0.1, 0.15) is 5.56 Å². The molecule has 0 bridgehead atoms. The lowest BCUT2D eigenvalue weighted by Gasteiger charge is -1.95. The van der Waals surface area contributed by atoms with Crippen LogP contribution in [0, 0.1) is 6.92 Å². The Morgan fingerprint density at radius 2 is 2.07 bits per heavy atom. The third kappa shape index (κ3) is 0.746. The van der Waals surface area contributed by atoms with Gasteiger partial charge in [-0.05, 0) is 23.3 Å². The summed E-state index contributed by atoms with van der Waals surface area (Å²) in [5, 5.41) is 12.1. The Hall–Kier alpha value is -1.76. The molecule has 1 aromatic carbocycles. The number of aliphatic hydroxyl groups excluding tert-OH is 1. The lowest BCUT2D eigenvalue weighted by atomic mass is 10.1. The van der Waals surface area contributed by atoms with Crippen LogP contribution in [-0.2, 0) is 0 Å². The molecule has 1 N–H and O–H groups in total. The van der Waals surface area contributed by atoms with E-state index in [4.69, 9.17) is 0 Å². The second kappa shape index (κ2) is 2.38. The first-order valence-electron chi connectivity index (χ1n) is 4.71. The van der Waals surface area contributed by atoms with Gasteiger partial charge in [-0.1, -0.05) is 36.4 Å². The third-order valence-corrected chi connectivity index (χ3v) is 2.87. The summed E-state index contributed by atoms with van der Waals surface area (Å²) in [6.07, 6.45) is 6.00. The van der Waals surface area contributed by atoms with Gasteiger partial charge in [0.05, 0.1) is 0 Å². The zero-order valence-electron chi connectivity index (χ0n) is 7.91. The van der Waals surface area contributed by atoms with Gasteiger partial charge in [-0.2, -0.15) is 0 Å². The van der Waals surface area contributed by atoms with E-state index in [-0.39, 0.29) is 0 Å².